The lowest BCUT2D eigenvalue weighted by Gasteiger charge is -2.13. The zero-order valence-electron chi connectivity index (χ0n) is 12.2. The van der Waals surface area contributed by atoms with Crippen LogP contribution in [0.1, 0.15) is 16.1 Å². The summed E-state index contributed by atoms with van der Waals surface area (Å²) in [6.07, 6.45) is -4.65. The number of halogens is 3. The fourth-order valence-electron chi connectivity index (χ4n) is 2.01. The second kappa shape index (κ2) is 5.71. The summed E-state index contributed by atoms with van der Waals surface area (Å²) in [5.74, 6) is -0.668. The Balaban J connectivity index is 2.15. The predicted molar refractivity (Wildman–Crippen MR) is 73.3 cm³/mol. The van der Waals surface area contributed by atoms with Gasteiger partial charge in [0.05, 0.1) is 31.2 Å². The van der Waals surface area contributed by atoms with Crippen molar-refractivity contribution in [1.29, 1.82) is 0 Å². The van der Waals surface area contributed by atoms with E-state index >= 15 is 0 Å². The minimum Gasteiger partial charge on any atom is -0.481 e. The van der Waals surface area contributed by atoms with Crippen LogP contribution in [0.3, 0.4) is 0 Å². The van der Waals surface area contributed by atoms with Gasteiger partial charge in [0, 0.05) is 12.1 Å². The van der Waals surface area contributed by atoms with E-state index in [1.807, 2.05) is 0 Å². The van der Waals surface area contributed by atoms with Crippen LogP contribution in [0, 0.1) is 0 Å². The van der Waals surface area contributed by atoms with Crippen LogP contribution in [0.15, 0.2) is 29.2 Å². The zero-order chi connectivity index (χ0) is 17.5. The lowest BCUT2D eigenvalue weighted by atomic mass is 10.1. The van der Waals surface area contributed by atoms with Crippen molar-refractivity contribution in [3.8, 4) is 11.6 Å². The summed E-state index contributed by atoms with van der Waals surface area (Å²) in [4.78, 5) is 27.9. The van der Waals surface area contributed by atoms with Crippen LogP contribution in [-0.2, 0) is 10.9 Å². The molecule has 2 aromatic rings. The van der Waals surface area contributed by atoms with E-state index in [4.69, 9.17) is 9.47 Å². The molecule has 0 spiro atoms. The summed E-state index contributed by atoms with van der Waals surface area (Å²) in [6.45, 7) is 0.0288. The molecule has 1 aliphatic rings. The van der Waals surface area contributed by atoms with E-state index in [1.54, 1.807) is 0 Å². The normalized spacial score (nSPS) is 16.8. The number of rotatable bonds is 4. The third-order valence-corrected chi connectivity index (χ3v) is 3.27. The summed E-state index contributed by atoms with van der Waals surface area (Å²) in [5.41, 5.74) is -3.19. The molecule has 2 aromatic heterocycles. The van der Waals surface area contributed by atoms with Crippen LogP contribution < -0.4 is 10.3 Å². The summed E-state index contributed by atoms with van der Waals surface area (Å²) in [6, 6.07) is 3.13. The van der Waals surface area contributed by atoms with Gasteiger partial charge < -0.3 is 9.47 Å². The Morgan fingerprint density at radius 3 is 2.62 bits per heavy atom. The van der Waals surface area contributed by atoms with E-state index < -0.39 is 34.9 Å². The number of alkyl halides is 3. The van der Waals surface area contributed by atoms with Crippen LogP contribution in [0.2, 0.25) is 0 Å². The number of carbonyl (C=O) groups is 1. The molecule has 10 heteroatoms. The average molecular weight is 341 g/mol. The number of hydrogen-bond donors (Lipinski definition) is 0. The Labute approximate surface area is 132 Å². The number of nitrogens with zero attached hydrogens (tertiary/aromatic N) is 3. The Hall–Kier alpha value is -2.75. The number of hydrogen-bond acceptors (Lipinski definition) is 6. The summed E-state index contributed by atoms with van der Waals surface area (Å²) < 4.78 is 49.6. The van der Waals surface area contributed by atoms with Gasteiger partial charge in [0.2, 0.25) is 11.7 Å². The van der Waals surface area contributed by atoms with Gasteiger partial charge in [-0.15, -0.1) is 0 Å². The predicted octanol–water partition coefficient (Wildman–Crippen LogP) is 1.24. The highest BCUT2D eigenvalue weighted by Crippen LogP contribution is 2.32. The Morgan fingerprint density at radius 1 is 1.42 bits per heavy atom. The zero-order valence-corrected chi connectivity index (χ0v) is 12.2. The first-order valence-electron chi connectivity index (χ1n) is 6.69. The molecule has 0 aliphatic carbocycles. The summed E-state index contributed by atoms with van der Waals surface area (Å²) >= 11 is 0. The van der Waals surface area contributed by atoms with E-state index in [9.17, 15) is 22.8 Å². The molecule has 3 rings (SSSR count). The monoisotopic (exact) mass is 341 g/mol. The minimum atomic E-state index is -4.89. The average Bonchev–Trinajstić information content (AvgIpc) is 3.38. The molecule has 0 unspecified atom stereocenters. The van der Waals surface area contributed by atoms with Gasteiger partial charge in [-0.05, 0) is 6.07 Å². The van der Waals surface area contributed by atoms with Gasteiger partial charge in [0.15, 0.2) is 0 Å². The SMILES string of the molecule is COc1ccc(-n2nc(C(=O)[C@@H]3CO3)c(C(F)(F)F)cc2=O)cn1. The molecule has 1 aliphatic heterocycles. The van der Waals surface area contributed by atoms with E-state index in [-0.39, 0.29) is 18.2 Å². The van der Waals surface area contributed by atoms with Crippen LogP contribution in [0.5, 0.6) is 5.88 Å². The smallest absolute Gasteiger partial charge is 0.418 e. The van der Waals surface area contributed by atoms with Crippen molar-refractivity contribution in [2.75, 3.05) is 13.7 Å². The molecule has 0 aromatic carbocycles. The lowest BCUT2D eigenvalue weighted by molar-refractivity contribution is -0.138. The number of ketones is 1. The number of aromatic nitrogens is 3. The summed E-state index contributed by atoms with van der Waals surface area (Å²) in [7, 11) is 1.39. The second-order valence-electron chi connectivity index (χ2n) is 4.90. The Morgan fingerprint density at radius 2 is 2.12 bits per heavy atom. The maximum absolute atomic E-state index is 13.1. The van der Waals surface area contributed by atoms with Crippen LogP contribution in [0.4, 0.5) is 13.2 Å². The molecule has 0 bridgehead atoms. The molecule has 0 N–H and O–H groups in total. The maximum Gasteiger partial charge on any atom is 0.418 e. The highest BCUT2D eigenvalue weighted by atomic mass is 19.4. The third-order valence-electron chi connectivity index (χ3n) is 3.27. The van der Waals surface area contributed by atoms with Gasteiger partial charge in [0.1, 0.15) is 11.8 Å². The quantitative estimate of drug-likeness (QED) is 0.614. The van der Waals surface area contributed by atoms with Gasteiger partial charge in [-0.2, -0.15) is 23.0 Å². The van der Waals surface area contributed by atoms with Crippen LogP contribution in [-0.4, -0.2) is 40.4 Å². The van der Waals surface area contributed by atoms with Crippen molar-refractivity contribution in [2.24, 2.45) is 0 Å². The van der Waals surface area contributed by atoms with Gasteiger partial charge >= 0.3 is 6.18 Å². The number of ether oxygens (including phenoxy) is 2. The number of pyridine rings is 1. The Bertz CT molecular complexity index is 842. The van der Waals surface area contributed by atoms with Crippen LogP contribution in [0.25, 0.3) is 5.69 Å². The molecule has 0 saturated carbocycles. The second-order valence-corrected chi connectivity index (χ2v) is 4.90. The maximum atomic E-state index is 13.1. The first-order chi connectivity index (χ1) is 11.3. The first kappa shape index (κ1) is 16.1. The standard InChI is InChI=1S/C14H10F3N3O4/c1-23-10-3-2-7(5-18-10)20-11(21)4-8(14(15,16)17)12(19-20)13(22)9-6-24-9/h2-5,9H,6H2,1H3/t9-/m0/s1. The van der Waals surface area contributed by atoms with E-state index in [2.05, 4.69) is 10.1 Å². The molecule has 0 radical (unpaired) electrons. The molecule has 0 amide bonds. The van der Waals surface area contributed by atoms with Crippen LogP contribution >= 0.6 is 0 Å². The van der Waals surface area contributed by atoms with Gasteiger partial charge in [0.25, 0.3) is 5.56 Å². The van der Waals surface area contributed by atoms with Crippen molar-refractivity contribution in [3.05, 3.63) is 46.0 Å². The molecular weight excluding hydrogens is 331 g/mol. The van der Waals surface area contributed by atoms with Crippen molar-refractivity contribution in [3.63, 3.8) is 0 Å². The highest BCUT2D eigenvalue weighted by molar-refractivity contribution is 6.00. The van der Waals surface area contributed by atoms with Gasteiger partial charge in [-0.1, -0.05) is 0 Å². The number of methoxy groups -OCH3 is 1. The number of Topliss-reactive ketones (excluding diaryl/α,β-unsaturated/α-hetero) is 1. The summed E-state index contributed by atoms with van der Waals surface area (Å²) in [5, 5.41) is 3.60. The van der Waals surface area contributed by atoms with E-state index in [0.29, 0.717) is 10.7 Å². The number of epoxide rings is 1. The third kappa shape index (κ3) is 3.00. The van der Waals surface area contributed by atoms with E-state index in [0.717, 1.165) is 0 Å². The highest BCUT2D eigenvalue weighted by Gasteiger charge is 2.42. The molecule has 24 heavy (non-hydrogen) atoms. The molecule has 3 heterocycles. The van der Waals surface area contributed by atoms with Crippen molar-refractivity contribution < 1.29 is 27.4 Å². The largest absolute Gasteiger partial charge is 0.481 e. The molecule has 1 saturated heterocycles. The fourth-order valence-corrected chi connectivity index (χ4v) is 2.01. The van der Waals surface area contributed by atoms with Crippen molar-refractivity contribution in [1.82, 2.24) is 14.8 Å². The minimum absolute atomic E-state index is 0.0288. The molecule has 126 valence electrons. The van der Waals surface area contributed by atoms with Crippen molar-refractivity contribution >= 4 is 5.78 Å². The van der Waals surface area contributed by atoms with Gasteiger partial charge in [-0.3, -0.25) is 9.59 Å². The number of carbonyl (C=O) groups excluding carboxylic acids is 1. The topological polar surface area (TPSA) is 86.6 Å². The molecular formula is C14H10F3N3O4. The molecule has 1 atom stereocenters. The van der Waals surface area contributed by atoms with Gasteiger partial charge in [-0.25, -0.2) is 4.98 Å². The fraction of sp³-hybridized carbons (Fsp3) is 0.286. The van der Waals surface area contributed by atoms with Crippen molar-refractivity contribution in [2.45, 2.75) is 12.3 Å². The Kier molecular flexibility index (Phi) is 3.84. The lowest BCUT2D eigenvalue weighted by Crippen LogP contribution is -2.29. The van der Waals surface area contributed by atoms with E-state index in [1.165, 1.54) is 25.4 Å². The molecule has 7 nitrogen and oxygen atoms in total. The molecule has 1 fully saturated rings. The first-order valence-corrected chi connectivity index (χ1v) is 6.69.